The van der Waals surface area contributed by atoms with E-state index in [1.807, 2.05) is 0 Å². The molecule has 1 saturated heterocycles. The van der Waals surface area contributed by atoms with Crippen LogP contribution in [0.15, 0.2) is 22.7 Å². The van der Waals surface area contributed by atoms with Crippen molar-refractivity contribution in [2.75, 3.05) is 44.6 Å². The molecule has 1 aromatic rings. The van der Waals surface area contributed by atoms with Gasteiger partial charge in [0, 0.05) is 42.9 Å². The van der Waals surface area contributed by atoms with Gasteiger partial charge in [0.2, 0.25) is 0 Å². The standard InChI is InChI=1S/C14H19BrF3N3/c15-11-2-3-12(14(16,17)18)13(10-11)20-4-1-7-21-8-5-19-6-9-21/h2-3,10,19-20H,1,4-9H2. The van der Waals surface area contributed by atoms with E-state index in [-0.39, 0.29) is 5.69 Å². The molecule has 3 nitrogen and oxygen atoms in total. The summed E-state index contributed by atoms with van der Waals surface area (Å²) in [5.41, 5.74) is -0.481. The lowest BCUT2D eigenvalue weighted by atomic mass is 10.1. The molecule has 0 aliphatic carbocycles. The zero-order valence-electron chi connectivity index (χ0n) is 11.6. The lowest BCUT2D eigenvalue weighted by Gasteiger charge is -2.27. The molecule has 21 heavy (non-hydrogen) atoms. The molecular weight excluding hydrogens is 347 g/mol. The highest BCUT2D eigenvalue weighted by Gasteiger charge is 2.33. The lowest BCUT2D eigenvalue weighted by Crippen LogP contribution is -2.44. The average Bonchev–Trinajstić information content (AvgIpc) is 2.43. The number of alkyl halides is 3. The molecule has 1 aliphatic rings. The van der Waals surface area contributed by atoms with Gasteiger partial charge in [-0.25, -0.2) is 0 Å². The maximum Gasteiger partial charge on any atom is 0.418 e. The second-order valence-electron chi connectivity index (χ2n) is 5.06. The fourth-order valence-electron chi connectivity index (χ4n) is 2.37. The van der Waals surface area contributed by atoms with Crippen LogP contribution in [0.5, 0.6) is 0 Å². The van der Waals surface area contributed by atoms with Gasteiger partial charge in [0.1, 0.15) is 0 Å². The van der Waals surface area contributed by atoms with Crippen LogP contribution in [0.3, 0.4) is 0 Å². The number of rotatable bonds is 5. The molecule has 0 atom stereocenters. The number of piperazine rings is 1. The third kappa shape index (κ3) is 5.16. The van der Waals surface area contributed by atoms with E-state index in [1.54, 1.807) is 0 Å². The molecule has 118 valence electrons. The van der Waals surface area contributed by atoms with E-state index in [0.29, 0.717) is 11.0 Å². The van der Waals surface area contributed by atoms with Crippen molar-refractivity contribution in [3.8, 4) is 0 Å². The molecule has 0 aromatic heterocycles. The van der Waals surface area contributed by atoms with Gasteiger partial charge in [0.05, 0.1) is 5.56 Å². The van der Waals surface area contributed by atoms with E-state index < -0.39 is 11.7 Å². The average molecular weight is 366 g/mol. The highest BCUT2D eigenvalue weighted by molar-refractivity contribution is 9.10. The molecule has 2 rings (SSSR count). The van der Waals surface area contributed by atoms with Gasteiger partial charge in [0.15, 0.2) is 0 Å². The van der Waals surface area contributed by atoms with Crippen LogP contribution >= 0.6 is 15.9 Å². The van der Waals surface area contributed by atoms with Crippen LogP contribution < -0.4 is 10.6 Å². The Labute approximate surface area is 131 Å². The van der Waals surface area contributed by atoms with Gasteiger partial charge >= 0.3 is 6.18 Å². The number of nitrogens with one attached hydrogen (secondary N) is 2. The van der Waals surface area contributed by atoms with E-state index in [4.69, 9.17) is 0 Å². The Morgan fingerprint density at radius 2 is 1.95 bits per heavy atom. The summed E-state index contributed by atoms with van der Waals surface area (Å²) in [7, 11) is 0. The van der Waals surface area contributed by atoms with Gasteiger partial charge in [-0.05, 0) is 31.2 Å². The zero-order valence-corrected chi connectivity index (χ0v) is 13.2. The van der Waals surface area contributed by atoms with Crippen molar-refractivity contribution in [2.45, 2.75) is 12.6 Å². The molecule has 0 bridgehead atoms. The molecule has 0 saturated carbocycles. The minimum atomic E-state index is -4.33. The second kappa shape index (κ2) is 7.47. The molecule has 1 aliphatic heterocycles. The fraction of sp³-hybridized carbons (Fsp3) is 0.571. The molecule has 0 amide bonds. The highest BCUT2D eigenvalue weighted by Crippen LogP contribution is 2.36. The minimum Gasteiger partial charge on any atom is -0.384 e. The highest BCUT2D eigenvalue weighted by atomic mass is 79.9. The number of halogens is 4. The Kier molecular flexibility index (Phi) is 5.89. The van der Waals surface area contributed by atoms with E-state index in [0.717, 1.165) is 45.2 Å². The van der Waals surface area contributed by atoms with Crippen LogP contribution in [-0.2, 0) is 6.18 Å². The Balaban J connectivity index is 1.86. The van der Waals surface area contributed by atoms with Crippen molar-refractivity contribution in [1.82, 2.24) is 10.2 Å². The quantitative estimate of drug-likeness (QED) is 0.784. The normalized spacial score (nSPS) is 17.0. The zero-order chi connectivity index (χ0) is 15.3. The van der Waals surface area contributed by atoms with Gasteiger partial charge < -0.3 is 15.5 Å². The molecule has 1 fully saturated rings. The summed E-state index contributed by atoms with van der Waals surface area (Å²) in [4.78, 5) is 2.32. The predicted molar refractivity (Wildman–Crippen MR) is 81.6 cm³/mol. The van der Waals surface area contributed by atoms with E-state index in [1.165, 1.54) is 12.1 Å². The number of benzene rings is 1. The fourth-order valence-corrected chi connectivity index (χ4v) is 2.73. The molecule has 0 radical (unpaired) electrons. The number of hydrogen-bond donors (Lipinski definition) is 2. The van der Waals surface area contributed by atoms with Crippen LogP contribution in [0, 0.1) is 0 Å². The van der Waals surface area contributed by atoms with Crippen molar-refractivity contribution in [2.24, 2.45) is 0 Å². The third-order valence-corrected chi connectivity index (χ3v) is 3.96. The maximum atomic E-state index is 12.9. The van der Waals surface area contributed by atoms with E-state index in [2.05, 4.69) is 31.5 Å². The summed E-state index contributed by atoms with van der Waals surface area (Å²) in [5, 5.41) is 6.18. The Hall–Kier alpha value is -0.790. The molecule has 0 unspecified atom stereocenters. The summed E-state index contributed by atoms with van der Waals surface area (Å²) in [6, 6.07) is 3.99. The van der Waals surface area contributed by atoms with Crippen LogP contribution in [0.1, 0.15) is 12.0 Å². The summed E-state index contributed by atoms with van der Waals surface area (Å²) in [6.45, 7) is 5.41. The van der Waals surface area contributed by atoms with Crippen LogP contribution in [0.25, 0.3) is 0 Å². The van der Waals surface area contributed by atoms with Gasteiger partial charge in [-0.2, -0.15) is 13.2 Å². The second-order valence-corrected chi connectivity index (χ2v) is 5.98. The topological polar surface area (TPSA) is 27.3 Å². The Morgan fingerprint density at radius 1 is 1.24 bits per heavy atom. The Morgan fingerprint density at radius 3 is 2.62 bits per heavy atom. The first-order valence-electron chi connectivity index (χ1n) is 7.00. The molecule has 0 spiro atoms. The van der Waals surface area contributed by atoms with Gasteiger partial charge in [0.25, 0.3) is 0 Å². The third-order valence-electron chi connectivity index (χ3n) is 3.46. The molecule has 1 aromatic carbocycles. The molecule has 1 heterocycles. The minimum absolute atomic E-state index is 0.136. The van der Waals surface area contributed by atoms with Crippen molar-refractivity contribution in [3.05, 3.63) is 28.2 Å². The summed E-state index contributed by atoms with van der Waals surface area (Å²) >= 11 is 3.21. The van der Waals surface area contributed by atoms with Crippen molar-refractivity contribution in [3.63, 3.8) is 0 Å². The first-order chi connectivity index (χ1) is 9.97. The monoisotopic (exact) mass is 365 g/mol. The van der Waals surface area contributed by atoms with Gasteiger partial charge in [-0.3, -0.25) is 0 Å². The van der Waals surface area contributed by atoms with Crippen molar-refractivity contribution >= 4 is 21.6 Å². The largest absolute Gasteiger partial charge is 0.418 e. The van der Waals surface area contributed by atoms with Crippen molar-refractivity contribution in [1.29, 1.82) is 0 Å². The molecule has 2 N–H and O–H groups in total. The Bertz CT molecular complexity index is 459. The number of anilines is 1. The maximum absolute atomic E-state index is 12.9. The van der Waals surface area contributed by atoms with Gasteiger partial charge in [-0.15, -0.1) is 0 Å². The molecule has 7 heteroatoms. The van der Waals surface area contributed by atoms with Gasteiger partial charge in [-0.1, -0.05) is 15.9 Å². The lowest BCUT2D eigenvalue weighted by molar-refractivity contribution is -0.137. The molecular formula is C14H19BrF3N3. The van der Waals surface area contributed by atoms with E-state index in [9.17, 15) is 13.2 Å². The van der Waals surface area contributed by atoms with Crippen LogP contribution in [0.4, 0.5) is 18.9 Å². The smallest absolute Gasteiger partial charge is 0.384 e. The summed E-state index contributed by atoms with van der Waals surface area (Å²) in [5.74, 6) is 0. The summed E-state index contributed by atoms with van der Waals surface area (Å²) in [6.07, 6.45) is -3.51. The van der Waals surface area contributed by atoms with E-state index >= 15 is 0 Å². The number of hydrogen-bond acceptors (Lipinski definition) is 3. The van der Waals surface area contributed by atoms with Crippen molar-refractivity contribution < 1.29 is 13.2 Å². The first kappa shape index (κ1) is 16.6. The number of nitrogens with zero attached hydrogens (tertiary/aromatic N) is 1. The predicted octanol–water partition coefficient (Wildman–Crippen LogP) is 3.18. The van der Waals surface area contributed by atoms with Crippen LogP contribution in [0.2, 0.25) is 0 Å². The first-order valence-corrected chi connectivity index (χ1v) is 7.80. The van der Waals surface area contributed by atoms with Crippen LogP contribution in [-0.4, -0.2) is 44.2 Å². The SMILES string of the molecule is FC(F)(F)c1ccc(Br)cc1NCCCN1CCNCC1. The summed E-state index contributed by atoms with van der Waals surface area (Å²) < 4.78 is 39.4.